The first kappa shape index (κ1) is 17.0. The van der Waals surface area contributed by atoms with Crippen molar-refractivity contribution in [2.24, 2.45) is 5.92 Å². The minimum absolute atomic E-state index is 0.153. The summed E-state index contributed by atoms with van der Waals surface area (Å²) in [7, 11) is 1.43. The average molecular weight is 336 g/mol. The van der Waals surface area contributed by atoms with Gasteiger partial charge in [-0.3, -0.25) is 4.79 Å². The standard InChI is InChI=1S/C19H20N4O2/c1-12(19(24)25-3)10-16-8-7-15-6-4-14(11-17(15)16)5-9-18-22-20-13(2)21-23-18/h4-6,8-9,11-12H,7,10H2,1-3H3/b9-5+. The van der Waals surface area contributed by atoms with E-state index in [1.165, 1.54) is 23.8 Å². The predicted molar refractivity (Wildman–Crippen MR) is 95.2 cm³/mol. The third kappa shape index (κ3) is 3.96. The van der Waals surface area contributed by atoms with Crippen LogP contribution in [0.15, 0.2) is 24.3 Å². The van der Waals surface area contributed by atoms with E-state index in [4.69, 9.17) is 4.74 Å². The third-order valence-electron chi connectivity index (χ3n) is 4.20. The molecule has 0 fully saturated rings. The molecule has 2 aromatic rings. The number of ether oxygens (including phenoxy) is 1. The van der Waals surface area contributed by atoms with Gasteiger partial charge in [-0.1, -0.05) is 31.2 Å². The van der Waals surface area contributed by atoms with Crippen molar-refractivity contribution in [1.82, 2.24) is 20.4 Å². The Morgan fingerprint density at radius 3 is 2.72 bits per heavy atom. The Hall–Kier alpha value is -2.89. The third-order valence-corrected chi connectivity index (χ3v) is 4.20. The molecule has 0 saturated carbocycles. The highest BCUT2D eigenvalue weighted by atomic mass is 16.5. The van der Waals surface area contributed by atoms with Crippen LogP contribution < -0.4 is 0 Å². The second-order valence-electron chi connectivity index (χ2n) is 6.12. The molecule has 3 rings (SSSR count). The van der Waals surface area contributed by atoms with E-state index in [-0.39, 0.29) is 11.9 Å². The van der Waals surface area contributed by atoms with Crippen LogP contribution in [0.4, 0.5) is 0 Å². The van der Waals surface area contributed by atoms with Crippen LogP contribution in [0.3, 0.4) is 0 Å². The van der Waals surface area contributed by atoms with Gasteiger partial charge in [-0.15, -0.1) is 20.4 Å². The maximum Gasteiger partial charge on any atom is 0.308 e. The van der Waals surface area contributed by atoms with Crippen LogP contribution in [-0.2, 0) is 16.0 Å². The van der Waals surface area contributed by atoms with Gasteiger partial charge in [0.15, 0.2) is 11.6 Å². The fourth-order valence-corrected chi connectivity index (χ4v) is 2.85. The molecule has 1 atom stereocenters. The molecule has 6 nitrogen and oxygen atoms in total. The van der Waals surface area contributed by atoms with Crippen molar-refractivity contribution in [3.05, 3.63) is 52.6 Å². The average Bonchev–Trinajstić information content (AvgIpc) is 3.02. The first-order valence-electron chi connectivity index (χ1n) is 8.19. The number of benzene rings is 1. The quantitative estimate of drug-likeness (QED) is 0.781. The van der Waals surface area contributed by atoms with Gasteiger partial charge in [-0.2, -0.15) is 0 Å². The van der Waals surface area contributed by atoms with Crippen molar-refractivity contribution in [3.8, 4) is 0 Å². The zero-order valence-electron chi connectivity index (χ0n) is 14.6. The molecule has 0 spiro atoms. The first-order chi connectivity index (χ1) is 12.1. The Kier molecular flexibility index (Phi) is 4.97. The molecule has 1 heterocycles. The van der Waals surface area contributed by atoms with Gasteiger partial charge < -0.3 is 4.74 Å². The molecule has 0 bridgehead atoms. The van der Waals surface area contributed by atoms with E-state index < -0.39 is 0 Å². The van der Waals surface area contributed by atoms with Crippen LogP contribution >= 0.6 is 0 Å². The van der Waals surface area contributed by atoms with E-state index in [2.05, 4.69) is 44.7 Å². The molecule has 128 valence electrons. The summed E-state index contributed by atoms with van der Waals surface area (Å²) in [6, 6.07) is 6.31. The van der Waals surface area contributed by atoms with Gasteiger partial charge in [0.25, 0.3) is 0 Å². The lowest BCUT2D eigenvalue weighted by molar-refractivity contribution is -0.144. The highest BCUT2D eigenvalue weighted by Crippen LogP contribution is 2.33. The molecule has 0 radical (unpaired) electrons. The van der Waals surface area contributed by atoms with Crippen LogP contribution in [0.1, 0.15) is 41.7 Å². The van der Waals surface area contributed by atoms with E-state index in [0.29, 0.717) is 18.1 Å². The molecule has 1 unspecified atom stereocenters. The van der Waals surface area contributed by atoms with Gasteiger partial charge in [0, 0.05) is 0 Å². The Morgan fingerprint density at radius 2 is 2.00 bits per heavy atom. The number of hydrogen-bond acceptors (Lipinski definition) is 6. The summed E-state index contributed by atoms with van der Waals surface area (Å²) in [6.45, 7) is 3.64. The topological polar surface area (TPSA) is 77.9 Å². The van der Waals surface area contributed by atoms with Crippen LogP contribution in [-0.4, -0.2) is 33.5 Å². The number of allylic oxidation sites excluding steroid dienone is 2. The van der Waals surface area contributed by atoms with E-state index in [0.717, 1.165) is 12.0 Å². The predicted octanol–water partition coefficient (Wildman–Crippen LogP) is 2.88. The summed E-state index contributed by atoms with van der Waals surface area (Å²) >= 11 is 0. The Labute approximate surface area is 146 Å². The maximum absolute atomic E-state index is 11.7. The fourth-order valence-electron chi connectivity index (χ4n) is 2.85. The molecule has 0 saturated heterocycles. The molecule has 1 aliphatic rings. The highest BCUT2D eigenvalue weighted by Gasteiger charge is 2.20. The molecule has 0 amide bonds. The van der Waals surface area contributed by atoms with E-state index >= 15 is 0 Å². The number of carbonyl (C=O) groups is 1. The smallest absolute Gasteiger partial charge is 0.308 e. The lowest BCUT2D eigenvalue weighted by Gasteiger charge is -2.12. The van der Waals surface area contributed by atoms with Gasteiger partial charge in [-0.25, -0.2) is 0 Å². The van der Waals surface area contributed by atoms with E-state index in [9.17, 15) is 4.79 Å². The number of nitrogens with zero attached hydrogens (tertiary/aromatic N) is 4. The van der Waals surface area contributed by atoms with Crippen LogP contribution in [0.2, 0.25) is 0 Å². The molecule has 1 aliphatic carbocycles. The maximum atomic E-state index is 11.7. The van der Waals surface area contributed by atoms with E-state index in [1.54, 1.807) is 13.0 Å². The summed E-state index contributed by atoms with van der Waals surface area (Å²) in [5, 5.41) is 15.7. The largest absolute Gasteiger partial charge is 0.469 e. The molecular formula is C19H20N4O2. The molecule has 6 heteroatoms. The van der Waals surface area contributed by atoms with Gasteiger partial charge in [0.05, 0.1) is 13.0 Å². The zero-order valence-corrected chi connectivity index (χ0v) is 14.6. The van der Waals surface area contributed by atoms with Crippen molar-refractivity contribution in [2.75, 3.05) is 7.11 Å². The highest BCUT2D eigenvalue weighted by molar-refractivity contribution is 5.80. The fraction of sp³-hybridized carbons (Fsp3) is 0.316. The number of methoxy groups -OCH3 is 1. The summed E-state index contributed by atoms with van der Waals surface area (Å²) < 4.78 is 4.83. The number of aryl methyl sites for hydroxylation is 1. The SMILES string of the molecule is COC(=O)C(C)CC1=CCc2ccc(/C=C/c3nnc(C)nn3)cc21. The van der Waals surface area contributed by atoms with Crippen molar-refractivity contribution in [3.63, 3.8) is 0 Å². The van der Waals surface area contributed by atoms with Crippen molar-refractivity contribution >= 4 is 23.7 Å². The van der Waals surface area contributed by atoms with Gasteiger partial charge >= 0.3 is 5.97 Å². The van der Waals surface area contributed by atoms with E-state index in [1.807, 2.05) is 13.0 Å². The van der Waals surface area contributed by atoms with Crippen molar-refractivity contribution < 1.29 is 9.53 Å². The first-order valence-corrected chi connectivity index (χ1v) is 8.19. The monoisotopic (exact) mass is 336 g/mol. The van der Waals surface area contributed by atoms with Crippen LogP contribution in [0.5, 0.6) is 0 Å². The number of fused-ring (bicyclic) bond motifs is 1. The Morgan fingerprint density at radius 1 is 1.24 bits per heavy atom. The van der Waals surface area contributed by atoms with Crippen molar-refractivity contribution in [1.29, 1.82) is 0 Å². The lowest BCUT2D eigenvalue weighted by atomic mass is 9.95. The Bertz CT molecular complexity index is 841. The lowest BCUT2D eigenvalue weighted by Crippen LogP contribution is -2.12. The summed E-state index contributed by atoms with van der Waals surface area (Å²) in [5.41, 5.74) is 4.71. The summed E-state index contributed by atoms with van der Waals surface area (Å²) in [4.78, 5) is 11.7. The zero-order chi connectivity index (χ0) is 17.8. The van der Waals surface area contributed by atoms with Gasteiger partial charge in [0.2, 0.25) is 0 Å². The molecule has 1 aromatic carbocycles. The van der Waals surface area contributed by atoms with Gasteiger partial charge in [-0.05, 0) is 54.2 Å². The van der Waals surface area contributed by atoms with Gasteiger partial charge in [0.1, 0.15) is 0 Å². The van der Waals surface area contributed by atoms with Crippen LogP contribution in [0.25, 0.3) is 17.7 Å². The summed E-state index contributed by atoms with van der Waals surface area (Å²) in [5.74, 6) is 0.687. The molecular weight excluding hydrogens is 316 g/mol. The molecule has 1 aromatic heterocycles. The Balaban J connectivity index is 1.77. The minimum atomic E-state index is -0.179. The molecule has 0 N–H and O–H groups in total. The number of esters is 1. The number of rotatable bonds is 5. The normalized spacial score (nSPS) is 14.3. The second-order valence-corrected chi connectivity index (χ2v) is 6.12. The number of hydrogen-bond donors (Lipinski definition) is 0. The molecule has 0 aliphatic heterocycles. The molecule has 25 heavy (non-hydrogen) atoms. The summed E-state index contributed by atoms with van der Waals surface area (Å²) in [6.07, 6.45) is 7.50. The minimum Gasteiger partial charge on any atom is -0.469 e. The number of aromatic nitrogens is 4. The number of carbonyl (C=O) groups excluding carboxylic acids is 1. The van der Waals surface area contributed by atoms with Crippen molar-refractivity contribution in [2.45, 2.75) is 26.7 Å². The van der Waals surface area contributed by atoms with Crippen LogP contribution in [0, 0.1) is 12.8 Å². The second kappa shape index (κ2) is 7.34.